The summed E-state index contributed by atoms with van der Waals surface area (Å²) >= 11 is 0. The molecule has 2 rings (SSSR count). The van der Waals surface area contributed by atoms with Gasteiger partial charge in [-0.2, -0.15) is 0 Å². The van der Waals surface area contributed by atoms with Gasteiger partial charge in [-0.05, 0) is 39.3 Å². The van der Waals surface area contributed by atoms with Gasteiger partial charge in [-0.15, -0.1) is 0 Å². The zero-order valence-corrected chi connectivity index (χ0v) is 17.3. The summed E-state index contributed by atoms with van der Waals surface area (Å²) in [5.41, 5.74) is -0.881. The number of ether oxygens (including phenoxy) is 1. The largest absolute Gasteiger partial charge is 0.415 e. The van der Waals surface area contributed by atoms with Gasteiger partial charge >= 0.3 is 5.69 Å². The highest BCUT2D eigenvalue weighted by atomic mass is 28.4. The summed E-state index contributed by atoms with van der Waals surface area (Å²) in [6, 6.07) is 1.32. The molecule has 7 nitrogen and oxygen atoms in total. The second-order valence-corrected chi connectivity index (χ2v) is 17.0. The number of rotatable bonds is 6. The average molecular weight is 373 g/mol. The summed E-state index contributed by atoms with van der Waals surface area (Å²) in [5.74, 6) is 0. The van der Waals surface area contributed by atoms with Crippen molar-refractivity contribution in [2.45, 2.75) is 64.1 Å². The van der Waals surface area contributed by atoms with Crippen LogP contribution in [0.4, 0.5) is 0 Å². The molecule has 1 N–H and O–H groups in total. The van der Waals surface area contributed by atoms with Gasteiger partial charge < -0.3 is 13.6 Å². The fourth-order valence-corrected chi connectivity index (χ4v) is 4.41. The molecular formula is C15H28N2O5Si2. The average Bonchev–Trinajstić information content (AvgIpc) is 2.76. The molecule has 0 amide bonds. The van der Waals surface area contributed by atoms with Crippen LogP contribution in [-0.4, -0.2) is 45.0 Å². The quantitative estimate of drug-likeness (QED) is 0.771. The number of H-pyrrole nitrogens is 1. The fourth-order valence-electron chi connectivity index (χ4n) is 2.59. The number of aromatic amines is 1. The van der Waals surface area contributed by atoms with Crippen molar-refractivity contribution in [2.24, 2.45) is 0 Å². The lowest BCUT2D eigenvalue weighted by atomic mass is 10.2. The van der Waals surface area contributed by atoms with Crippen molar-refractivity contribution in [3.05, 3.63) is 33.1 Å². The summed E-state index contributed by atoms with van der Waals surface area (Å²) < 4.78 is 19.7. The first-order valence-corrected chi connectivity index (χ1v) is 15.0. The molecule has 0 radical (unpaired) electrons. The number of hydrogen-bond acceptors (Lipinski definition) is 5. The van der Waals surface area contributed by atoms with Gasteiger partial charge in [0.25, 0.3) is 5.56 Å². The molecule has 0 saturated carbocycles. The molecule has 1 fully saturated rings. The van der Waals surface area contributed by atoms with E-state index in [9.17, 15) is 9.59 Å². The molecule has 0 spiro atoms. The molecule has 1 aliphatic heterocycles. The molecule has 0 bridgehead atoms. The maximum atomic E-state index is 12.0. The molecule has 0 aromatic carbocycles. The Kier molecular flexibility index (Phi) is 5.70. The topological polar surface area (TPSA) is 82.5 Å². The van der Waals surface area contributed by atoms with Crippen LogP contribution in [0.1, 0.15) is 12.6 Å². The first-order valence-electron chi connectivity index (χ1n) is 8.23. The smallest absolute Gasteiger partial charge is 0.330 e. The maximum absolute atomic E-state index is 12.0. The molecule has 24 heavy (non-hydrogen) atoms. The van der Waals surface area contributed by atoms with E-state index in [4.69, 9.17) is 13.6 Å². The van der Waals surface area contributed by atoms with Crippen molar-refractivity contribution < 1.29 is 13.6 Å². The first-order chi connectivity index (χ1) is 10.9. The van der Waals surface area contributed by atoms with Crippen molar-refractivity contribution in [3.8, 4) is 0 Å². The Hall–Kier alpha value is -1.01. The Morgan fingerprint density at radius 2 is 1.88 bits per heavy atom. The first kappa shape index (κ1) is 19.3. The Labute approximate surface area is 144 Å². The lowest BCUT2D eigenvalue weighted by Crippen LogP contribution is -2.40. The van der Waals surface area contributed by atoms with Gasteiger partial charge in [-0.25, -0.2) is 4.79 Å². The molecule has 9 heteroatoms. The SMILES string of the molecule is C[Si](C)(C)OC[C@@H]1OC(n2ccc(=O)[nH]c2=O)C[C@H]1O[Si](C)(C)C. The van der Waals surface area contributed by atoms with Gasteiger partial charge in [-0.3, -0.25) is 14.3 Å². The Balaban J connectivity index is 2.18. The van der Waals surface area contributed by atoms with Crippen LogP contribution < -0.4 is 11.2 Å². The van der Waals surface area contributed by atoms with Crippen molar-refractivity contribution >= 4 is 16.6 Å². The lowest BCUT2D eigenvalue weighted by molar-refractivity contribution is -0.0396. The monoisotopic (exact) mass is 372 g/mol. The van der Waals surface area contributed by atoms with Crippen LogP contribution in [0.2, 0.25) is 39.3 Å². The van der Waals surface area contributed by atoms with Crippen molar-refractivity contribution in [3.63, 3.8) is 0 Å². The Morgan fingerprint density at radius 3 is 2.42 bits per heavy atom. The van der Waals surface area contributed by atoms with Gasteiger partial charge in [0.15, 0.2) is 16.6 Å². The van der Waals surface area contributed by atoms with Crippen molar-refractivity contribution in [1.82, 2.24) is 9.55 Å². The zero-order chi connectivity index (χ0) is 18.1. The molecule has 1 aliphatic rings. The number of nitrogens with one attached hydrogen (secondary N) is 1. The van der Waals surface area contributed by atoms with Gasteiger partial charge in [-0.1, -0.05) is 0 Å². The molecule has 1 aromatic rings. The standard InChI is InChI=1S/C15H28N2O5Si2/c1-23(2,3)20-10-12-11(22-24(4,5)6)9-14(21-12)17-8-7-13(18)16-15(17)19/h7-8,11-12,14H,9-10H2,1-6H3,(H,16,18,19)/t11-,12+,14?/m1/s1. The van der Waals surface area contributed by atoms with Crippen LogP contribution in [0.15, 0.2) is 21.9 Å². The number of nitrogens with zero attached hydrogens (tertiary/aromatic N) is 1. The van der Waals surface area contributed by atoms with Gasteiger partial charge in [0.1, 0.15) is 12.3 Å². The Bertz CT molecular complexity index is 674. The summed E-state index contributed by atoms with van der Waals surface area (Å²) in [6.45, 7) is 13.2. The molecule has 3 atom stereocenters. The van der Waals surface area contributed by atoms with E-state index in [1.54, 1.807) is 0 Å². The minimum absolute atomic E-state index is 0.114. The van der Waals surface area contributed by atoms with Gasteiger partial charge in [0.05, 0.1) is 12.7 Å². The normalized spacial score (nSPS) is 25.2. The predicted octanol–water partition coefficient (Wildman–Crippen LogP) is 1.90. The fraction of sp³-hybridized carbons (Fsp3) is 0.733. The third-order valence-corrected chi connectivity index (χ3v) is 5.57. The molecule has 1 saturated heterocycles. The van der Waals surface area contributed by atoms with E-state index in [0.717, 1.165) is 0 Å². The van der Waals surface area contributed by atoms with E-state index in [0.29, 0.717) is 13.0 Å². The minimum atomic E-state index is -1.76. The zero-order valence-electron chi connectivity index (χ0n) is 15.3. The molecule has 1 aromatic heterocycles. The van der Waals surface area contributed by atoms with Gasteiger partial charge in [0, 0.05) is 18.7 Å². The van der Waals surface area contributed by atoms with E-state index in [-0.39, 0.29) is 12.2 Å². The summed E-state index contributed by atoms with van der Waals surface area (Å²) in [4.78, 5) is 25.5. The van der Waals surface area contributed by atoms with E-state index < -0.39 is 34.1 Å². The summed E-state index contributed by atoms with van der Waals surface area (Å²) in [6.07, 6.45) is 1.25. The molecule has 0 aliphatic carbocycles. The van der Waals surface area contributed by atoms with Crippen LogP contribution in [0, 0.1) is 0 Å². The molecule has 1 unspecified atom stereocenters. The van der Waals surface area contributed by atoms with Crippen LogP contribution >= 0.6 is 0 Å². The van der Waals surface area contributed by atoms with E-state index in [2.05, 4.69) is 44.3 Å². The van der Waals surface area contributed by atoms with Crippen molar-refractivity contribution in [2.75, 3.05) is 6.61 Å². The number of aromatic nitrogens is 2. The lowest BCUT2D eigenvalue weighted by Gasteiger charge is -2.28. The van der Waals surface area contributed by atoms with Crippen LogP contribution in [-0.2, 0) is 13.6 Å². The summed E-state index contributed by atoms with van der Waals surface area (Å²) in [5, 5.41) is 0. The van der Waals surface area contributed by atoms with Crippen LogP contribution in [0.25, 0.3) is 0 Å². The van der Waals surface area contributed by atoms with E-state index in [1.165, 1.54) is 16.8 Å². The van der Waals surface area contributed by atoms with Crippen molar-refractivity contribution in [1.29, 1.82) is 0 Å². The van der Waals surface area contributed by atoms with Crippen LogP contribution in [0.3, 0.4) is 0 Å². The van der Waals surface area contributed by atoms with E-state index in [1.807, 2.05) is 0 Å². The number of hydrogen-bond donors (Lipinski definition) is 1. The van der Waals surface area contributed by atoms with Gasteiger partial charge in [0.2, 0.25) is 0 Å². The third kappa shape index (κ3) is 5.52. The molecular weight excluding hydrogens is 344 g/mol. The molecule has 136 valence electrons. The van der Waals surface area contributed by atoms with Crippen LogP contribution in [0.5, 0.6) is 0 Å². The Morgan fingerprint density at radius 1 is 1.21 bits per heavy atom. The molecule has 2 heterocycles. The highest BCUT2D eigenvalue weighted by molar-refractivity contribution is 6.70. The predicted molar refractivity (Wildman–Crippen MR) is 97.4 cm³/mol. The highest BCUT2D eigenvalue weighted by Gasteiger charge is 2.40. The third-order valence-electron chi connectivity index (χ3n) is 3.53. The minimum Gasteiger partial charge on any atom is -0.415 e. The maximum Gasteiger partial charge on any atom is 0.330 e. The van der Waals surface area contributed by atoms with E-state index >= 15 is 0 Å². The highest BCUT2D eigenvalue weighted by Crippen LogP contribution is 2.32. The summed E-state index contributed by atoms with van der Waals surface area (Å²) in [7, 11) is -3.43. The second-order valence-electron chi connectivity index (χ2n) is 8.07. The second kappa shape index (κ2) is 7.08.